The van der Waals surface area contributed by atoms with E-state index in [9.17, 15) is 4.79 Å². The van der Waals surface area contributed by atoms with Crippen molar-refractivity contribution >= 4 is 17.7 Å². The summed E-state index contributed by atoms with van der Waals surface area (Å²) in [6.07, 6.45) is 2.95. The third-order valence-electron chi connectivity index (χ3n) is 1.93. The van der Waals surface area contributed by atoms with Gasteiger partial charge in [0.05, 0.1) is 6.54 Å². The fourth-order valence-electron chi connectivity index (χ4n) is 1.23. The number of carbonyl (C=O) groups is 1. The van der Waals surface area contributed by atoms with Crippen molar-refractivity contribution in [3.8, 4) is 0 Å². The van der Waals surface area contributed by atoms with Gasteiger partial charge < -0.3 is 4.90 Å². The second-order valence-corrected chi connectivity index (χ2v) is 4.03. The lowest BCUT2D eigenvalue weighted by Crippen LogP contribution is -2.28. The summed E-state index contributed by atoms with van der Waals surface area (Å²) >= 11 is 3.73. The van der Waals surface area contributed by atoms with Crippen molar-refractivity contribution in [2.45, 2.75) is 6.42 Å². The van der Waals surface area contributed by atoms with Crippen LogP contribution in [0.15, 0.2) is 12.7 Å². The minimum Gasteiger partial charge on any atom is -0.303 e. The summed E-state index contributed by atoms with van der Waals surface area (Å²) in [6, 6.07) is 0. The maximum absolute atomic E-state index is 10.7. The SMILES string of the molecule is C=CCN(C)CCCN(C)CC(=O)S. The van der Waals surface area contributed by atoms with Gasteiger partial charge in [-0.25, -0.2) is 0 Å². The monoisotopic (exact) mass is 216 g/mol. The molecule has 0 radical (unpaired) electrons. The molecule has 0 aliphatic rings. The first kappa shape index (κ1) is 13.7. The number of hydrogen-bond donors (Lipinski definition) is 1. The maximum atomic E-state index is 10.7. The molecule has 3 nitrogen and oxygen atoms in total. The van der Waals surface area contributed by atoms with E-state index in [4.69, 9.17) is 0 Å². The molecule has 0 heterocycles. The van der Waals surface area contributed by atoms with Crippen LogP contribution in [0.1, 0.15) is 6.42 Å². The van der Waals surface area contributed by atoms with Gasteiger partial charge in [0.25, 0.3) is 0 Å². The molecule has 82 valence electrons. The molecule has 0 aromatic rings. The molecule has 0 bridgehead atoms. The Morgan fingerprint density at radius 2 is 1.93 bits per heavy atom. The highest BCUT2D eigenvalue weighted by Crippen LogP contribution is 1.92. The van der Waals surface area contributed by atoms with Crippen LogP contribution in [0.3, 0.4) is 0 Å². The van der Waals surface area contributed by atoms with Crippen LogP contribution in [0, 0.1) is 0 Å². The van der Waals surface area contributed by atoms with Crippen molar-refractivity contribution in [1.82, 2.24) is 9.80 Å². The van der Waals surface area contributed by atoms with E-state index in [1.54, 1.807) is 0 Å². The van der Waals surface area contributed by atoms with E-state index in [1.165, 1.54) is 0 Å². The molecule has 0 aromatic heterocycles. The number of likely N-dealkylation sites (N-methyl/N-ethyl adjacent to an activating group) is 2. The van der Waals surface area contributed by atoms with Crippen LogP contribution < -0.4 is 0 Å². The molecule has 0 rings (SSSR count). The van der Waals surface area contributed by atoms with Gasteiger partial charge in [-0.3, -0.25) is 9.69 Å². The Balaban J connectivity index is 3.43. The van der Waals surface area contributed by atoms with Gasteiger partial charge in [-0.1, -0.05) is 6.08 Å². The fraction of sp³-hybridized carbons (Fsp3) is 0.700. The third kappa shape index (κ3) is 8.29. The largest absolute Gasteiger partial charge is 0.303 e. The summed E-state index contributed by atoms with van der Waals surface area (Å²) in [5.41, 5.74) is 0. The number of hydrogen-bond acceptors (Lipinski definition) is 3. The summed E-state index contributed by atoms with van der Waals surface area (Å²) in [7, 11) is 3.99. The van der Waals surface area contributed by atoms with Gasteiger partial charge >= 0.3 is 0 Å². The third-order valence-corrected chi connectivity index (χ3v) is 2.07. The van der Waals surface area contributed by atoms with Crippen LogP contribution in [-0.4, -0.2) is 55.2 Å². The Bertz CT molecular complexity index is 185. The molecule has 0 saturated carbocycles. The molecule has 0 aliphatic heterocycles. The highest BCUT2D eigenvalue weighted by Gasteiger charge is 2.02. The summed E-state index contributed by atoms with van der Waals surface area (Å²) < 4.78 is 0. The standard InChI is InChI=1S/C10H20N2OS/c1-4-6-11(2)7-5-8-12(3)9-10(13)14/h4H,1,5-9H2,2-3H3,(H,13,14). The Labute approximate surface area is 92.2 Å². The maximum Gasteiger partial charge on any atom is 0.199 e. The molecular formula is C10H20N2OS. The highest BCUT2D eigenvalue weighted by molar-refractivity contribution is 7.96. The van der Waals surface area contributed by atoms with Crippen LogP contribution in [-0.2, 0) is 4.79 Å². The van der Waals surface area contributed by atoms with Crippen LogP contribution in [0.25, 0.3) is 0 Å². The minimum absolute atomic E-state index is 0.0769. The molecule has 4 heteroatoms. The van der Waals surface area contributed by atoms with Gasteiger partial charge in [0.1, 0.15) is 0 Å². The first-order valence-electron chi connectivity index (χ1n) is 4.76. The van der Waals surface area contributed by atoms with E-state index in [2.05, 4.69) is 31.2 Å². The Kier molecular flexibility index (Phi) is 7.84. The molecule has 0 spiro atoms. The van der Waals surface area contributed by atoms with Crippen LogP contribution >= 0.6 is 12.6 Å². The number of nitrogens with zero attached hydrogens (tertiary/aromatic N) is 2. The lowest BCUT2D eigenvalue weighted by Gasteiger charge is -2.17. The molecule has 0 fully saturated rings. The van der Waals surface area contributed by atoms with Crippen molar-refractivity contribution in [3.05, 3.63) is 12.7 Å². The molecule has 0 aromatic carbocycles. The van der Waals surface area contributed by atoms with Crippen LogP contribution in [0.5, 0.6) is 0 Å². The zero-order chi connectivity index (χ0) is 11.0. The predicted octanol–water partition coefficient (Wildman–Crippen LogP) is 0.883. The zero-order valence-corrected chi connectivity index (χ0v) is 9.96. The van der Waals surface area contributed by atoms with Crippen molar-refractivity contribution < 1.29 is 4.79 Å². The molecule has 0 atom stereocenters. The molecule has 14 heavy (non-hydrogen) atoms. The Morgan fingerprint density at radius 1 is 1.36 bits per heavy atom. The molecule has 0 N–H and O–H groups in total. The van der Waals surface area contributed by atoms with Gasteiger partial charge in [0, 0.05) is 6.54 Å². The second-order valence-electron chi connectivity index (χ2n) is 3.54. The molecule has 0 unspecified atom stereocenters. The van der Waals surface area contributed by atoms with Crippen LogP contribution in [0.4, 0.5) is 0 Å². The zero-order valence-electron chi connectivity index (χ0n) is 9.07. The first-order chi connectivity index (χ1) is 6.56. The predicted molar refractivity (Wildman–Crippen MR) is 63.8 cm³/mol. The van der Waals surface area contributed by atoms with Gasteiger partial charge in [-0.2, -0.15) is 0 Å². The van der Waals surface area contributed by atoms with Crippen molar-refractivity contribution in [2.75, 3.05) is 40.3 Å². The van der Waals surface area contributed by atoms with E-state index in [-0.39, 0.29) is 5.12 Å². The molecule has 0 aliphatic carbocycles. The average Bonchev–Trinajstić information content (AvgIpc) is 2.02. The molecular weight excluding hydrogens is 196 g/mol. The minimum atomic E-state index is -0.0769. The lowest BCUT2D eigenvalue weighted by molar-refractivity contribution is -0.111. The van der Waals surface area contributed by atoms with Gasteiger partial charge in [0.2, 0.25) is 0 Å². The van der Waals surface area contributed by atoms with Crippen LogP contribution in [0.2, 0.25) is 0 Å². The summed E-state index contributed by atoms with van der Waals surface area (Å²) in [5.74, 6) is 0. The number of rotatable bonds is 8. The summed E-state index contributed by atoms with van der Waals surface area (Å²) in [5, 5.41) is -0.0769. The van der Waals surface area contributed by atoms with Gasteiger partial charge in [-0.05, 0) is 33.6 Å². The topological polar surface area (TPSA) is 23.6 Å². The van der Waals surface area contributed by atoms with E-state index >= 15 is 0 Å². The van der Waals surface area contributed by atoms with Crippen molar-refractivity contribution in [3.63, 3.8) is 0 Å². The average molecular weight is 216 g/mol. The van der Waals surface area contributed by atoms with Crippen molar-refractivity contribution in [1.29, 1.82) is 0 Å². The van der Waals surface area contributed by atoms with E-state index < -0.39 is 0 Å². The van der Waals surface area contributed by atoms with E-state index in [1.807, 2.05) is 18.0 Å². The van der Waals surface area contributed by atoms with E-state index in [0.29, 0.717) is 6.54 Å². The first-order valence-corrected chi connectivity index (χ1v) is 5.20. The second kappa shape index (κ2) is 8.03. The summed E-state index contributed by atoms with van der Waals surface area (Å²) in [4.78, 5) is 14.8. The highest BCUT2D eigenvalue weighted by atomic mass is 32.1. The Hall–Kier alpha value is -0.320. The fourth-order valence-corrected chi connectivity index (χ4v) is 1.47. The van der Waals surface area contributed by atoms with Gasteiger partial charge in [0.15, 0.2) is 5.12 Å². The smallest absolute Gasteiger partial charge is 0.199 e. The van der Waals surface area contributed by atoms with Gasteiger partial charge in [-0.15, -0.1) is 19.2 Å². The van der Waals surface area contributed by atoms with E-state index in [0.717, 1.165) is 26.1 Å². The molecule has 0 amide bonds. The number of carbonyl (C=O) groups excluding carboxylic acids is 1. The normalized spacial score (nSPS) is 10.9. The lowest BCUT2D eigenvalue weighted by atomic mass is 10.3. The number of thiol groups is 1. The summed E-state index contributed by atoms with van der Waals surface area (Å²) in [6.45, 7) is 6.96. The quantitative estimate of drug-likeness (QED) is 0.481. The molecule has 0 saturated heterocycles. The Morgan fingerprint density at radius 3 is 2.43 bits per heavy atom. The van der Waals surface area contributed by atoms with Crippen molar-refractivity contribution in [2.24, 2.45) is 0 Å².